The third-order valence-corrected chi connectivity index (χ3v) is 4.69. The Morgan fingerprint density at radius 3 is 2.21 bits per heavy atom. The molecule has 1 aliphatic rings. The van der Waals surface area contributed by atoms with E-state index in [0.717, 1.165) is 12.8 Å². The van der Waals surface area contributed by atoms with Crippen LogP contribution in [0.4, 0.5) is 0 Å². The van der Waals surface area contributed by atoms with Gasteiger partial charge in [0.05, 0.1) is 12.2 Å². The third kappa shape index (κ3) is 3.18. The van der Waals surface area contributed by atoms with Gasteiger partial charge in [0.2, 0.25) is 0 Å². The van der Waals surface area contributed by atoms with Crippen LogP contribution in [0.15, 0.2) is 30.3 Å². The molecule has 0 amide bonds. The van der Waals surface area contributed by atoms with Gasteiger partial charge in [-0.3, -0.25) is 0 Å². The SMILES string of the molecule is CC(C)(CC(O)(CO)C1CCCC1)c1ccccc1. The first kappa shape index (κ1) is 14.5. The predicted octanol–water partition coefficient (Wildman–Crippen LogP) is 3.27. The van der Waals surface area contributed by atoms with Gasteiger partial charge < -0.3 is 10.2 Å². The lowest BCUT2D eigenvalue weighted by molar-refractivity contribution is -0.0781. The van der Waals surface area contributed by atoms with Gasteiger partial charge in [0.1, 0.15) is 0 Å². The Morgan fingerprint density at radius 1 is 1.11 bits per heavy atom. The van der Waals surface area contributed by atoms with Crippen LogP contribution >= 0.6 is 0 Å². The molecular weight excluding hydrogens is 236 g/mol. The molecule has 19 heavy (non-hydrogen) atoms. The molecule has 1 saturated carbocycles. The van der Waals surface area contributed by atoms with Gasteiger partial charge >= 0.3 is 0 Å². The molecule has 2 heteroatoms. The van der Waals surface area contributed by atoms with Crippen molar-refractivity contribution in [3.8, 4) is 0 Å². The van der Waals surface area contributed by atoms with Gasteiger partial charge in [-0.05, 0) is 36.2 Å². The summed E-state index contributed by atoms with van der Waals surface area (Å²) in [6.07, 6.45) is 5.06. The lowest BCUT2D eigenvalue weighted by atomic mass is 9.71. The minimum absolute atomic E-state index is 0.124. The highest BCUT2D eigenvalue weighted by Crippen LogP contribution is 2.41. The highest BCUT2D eigenvalue weighted by Gasteiger charge is 2.42. The summed E-state index contributed by atoms with van der Waals surface area (Å²) in [4.78, 5) is 0. The normalized spacial score (nSPS) is 20.4. The molecule has 1 unspecified atom stereocenters. The van der Waals surface area contributed by atoms with Gasteiger partial charge in [0, 0.05) is 0 Å². The molecule has 0 aromatic heterocycles. The maximum atomic E-state index is 10.9. The van der Waals surface area contributed by atoms with Gasteiger partial charge in [-0.1, -0.05) is 57.0 Å². The van der Waals surface area contributed by atoms with E-state index in [2.05, 4.69) is 26.0 Å². The average Bonchev–Trinajstić information content (AvgIpc) is 2.94. The van der Waals surface area contributed by atoms with E-state index in [4.69, 9.17) is 0 Å². The zero-order valence-electron chi connectivity index (χ0n) is 12.1. The lowest BCUT2D eigenvalue weighted by Crippen LogP contribution is -2.45. The fourth-order valence-corrected chi connectivity index (χ4v) is 3.55. The third-order valence-electron chi connectivity index (χ3n) is 4.69. The number of hydrogen-bond acceptors (Lipinski definition) is 2. The molecule has 2 nitrogen and oxygen atoms in total. The number of aliphatic hydroxyl groups excluding tert-OH is 1. The van der Waals surface area contributed by atoms with Crippen LogP contribution in [0.5, 0.6) is 0 Å². The number of hydrogen-bond donors (Lipinski definition) is 2. The summed E-state index contributed by atoms with van der Waals surface area (Å²) in [5.41, 5.74) is 0.164. The van der Waals surface area contributed by atoms with Crippen LogP contribution in [0.25, 0.3) is 0 Å². The molecule has 0 radical (unpaired) electrons. The van der Waals surface area contributed by atoms with Crippen molar-refractivity contribution in [3.63, 3.8) is 0 Å². The first-order valence-electron chi connectivity index (χ1n) is 7.37. The molecular formula is C17H26O2. The van der Waals surface area contributed by atoms with E-state index in [-0.39, 0.29) is 17.9 Å². The monoisotopic (exact) mass is 262 g/mol. The van der Waals surface area contributed by atoms with E-state index < -0.39 is 5.60 Å². The molecule has 0 heterocycles. The second-order valence-corrected chi connectivity index (χ2v) is 6.67. The molecule has 0 spiro atoms. The molecule has 106 valence electrons. The van der Waals surface area contributed by atoms with E-state index in [1.54, 1.807) is 0 Å². The van der Waals surface area contributed by atoms with Crippen molar-refractivity contribution in [2.24, 2.45) is 5.92 Å². The maximum Gasteiger partial charge on any atom is 0.0913 e. The highest BCUT2D eigenvalue weighted by molar-refractivity contribution is 5.24. The van der Waals surface area contributed by atoms with Crippen molar-refractivity contribution in [2.45, 2.75) is 57.0 Å². The Labute approximate surface area is 116 Å². The topological polar surface area (TPSA) is 40.5 Å². The van der Waals surface area contributed by atoms with Crippen LogP contribution in [0.1, 0.15) is 51.5 Å². The number of benzene rings is 1. The molecule has 0 aliphatic heterocycles. The summed E-state index contributed by atoms with van der Waals surface area (Å²) in [6.45, 7) is 4.17. The summed E-state index contributed by atoms with van der Waals surface area (Å²) >= 11 is 0. The van der Waals surface area contributed by atoms with Crippen LogP contribution in [-0.4, -0.2) is 22.4 Å². The van der Waals surface area contributed by atoms with Crippen LogP contribution in [0.2, 0.25) is 0 Å². The summed E-state index contributed by atoms with van der Waals surface area (Å²) < 4.78 is 0. The van der Waals surface area contributed by atoms with Gasteiger partial charge in [0.15, 0.2) is 0 Å². The molecule has 0 bridgehead atoms. The second-order valence-electron chi connectivity index (χ2n) is 6.67. The van der Waals surface area contributed by atoms with Gasteiger partial charge in [-0.2, -0.15) is 0 Å². The summed E-state index contributed by atoms with van der Waals surface area (Å²) in [5.74, 6) is 0.250. The Balaban J connectivity index is 2.17. The molecule has 2 N–H and O–H groups in total. The number of rotatable bonds is 5. The predicted molar refractivity (Wildman–Crippen MR) is 78.1 cm³/mol. The molecule has 1 fully saturated rings. The maximum absolute atomic E-state index is 10.9. The molecule has 1 aromatic carbocycles. The van der Waals surface area contributed by atoms with Gasteiger partial charge in [-0.25, -0.2) is 0 Å². The molecule has 1 aliphatic carbocycles. The van der Waals surface area contributed by atoms with Crippen LogP contribution in [-0.2, 0) is 5.41 Å². The van der Waals surface area contributed by atoms with Gasteiger partial charge in [-0.15, -0.1) is 0 Å². The van der Waals surface area contributed by atoms with E-state index in [1.807, 2.05) is 18.2 Å². The molecule has 1 atom stereocenters. The zero-order chi connectivity index (χ0) is 13.9. The van der Waals surface area contributed by atoms with Crippen LogP contribution < -0.4 is 0 Å². The minimum Gasteiger partial charge on any atom is -0.393 e. The summed E-state index contributed by atoms with van der Waals surface area (Å²) in [7, 11) is 0. The smallest absolute Gasteiger partial charge is 0.0913 e. The average molecular weight is 262 g/mol. The highest BCUT2D eigenvalue weighted by atomic mass is 16.3. The van der Waals surface area contributed by atoms with Crippen LogP contribution in [0.3, 0.4) is 0 Å². The second kappa shape index (κ2) is 5.64. The Hall–Kier alpha value is -0.860. The minimum atomic E-state index is -0.935. The number of aliphatic hydroxyl groups is 2. The largest absolute Gasteiger partial charge is 0.393 e. The van der Waals surface area contributed by atoms with E-state index >= 15 is 0 Å². The first-order valence-corrected chi connectivity index (χ1v) is 7.37. The van der Waals surface area contributed by atoms with Crippen molar-refractivity contribution in [2.75, 3.05) is 6.61 Å². The zero-order valence-corrected chi connectivity index (χ0v) is 12.1. The molecule has 1 aromatic rings. The van der Waals surface area contributed by atoms with Crippen molar-refractivity contribution in [1.82, 2.24) is 0 Å². The lowest BCUT2D eigenvalue weighted by Gasteiger charge is -2.39. The van der Waals surface area contributed by atoms with Crippen LogP contribution in [0, 0.1) is 5.92 Å². The first-order chi connectivity index (χ1) is 8.98. The van der Waals surface area contributed by atoms with E-state index in [1.165, 1.54) is 18.4 Å². The molecule has 2 rings (SSSR count). The van der Waals surface area contributed by atoms with Crippen molar-refractivity contribution < 1.29 is 10.2 Å². The summed E-state index contributed by atoms with van der Waals surface area (Å²) in [6, 6.07) is 10.3. The Bertz CT molecular complexity index is 393. The van der Waals surface area contributed by atoms with Crippen molar-refractivity contribution in [3.05, 3.63) is 35.9 Å². The van der Waals surface area contributed by atoms with E-state index in [9.17, 15) is 10.2 Å². The Kier molecular flexibility index (Phi) is 4.32. The van der Waals surface area contributed by atoms with Crippen molar-refractivity contribution in [1.29, 1.82) is 0 Å². The van der Waals surface area contributed by atoms with Crippen molar-refractivity contribution >= 4 is 0 Å². The Morgan fingerprint density at radius 2 is 1.68 bits per heavy atom. The standard InChI is InChI=1S/C17H26O2/c1-16(2,14-8-4-3-5-9-14)12-17(19,13-18)15-10-6-7-11-15/h3-5,8-9,15,18-19H,6-7,10-13H2,1-2H3. The van der Waals surface area contributed by atoms with E-state index in [0.29, 0.717) is 6.42 Å². The quantitative estimate of drug-likeness (QED) is 0.855. The fourth-order valence-electron chi connectivity index (χ4n) is 3.55. The van der Waals surface area contributed by atoms with Gasteiger partial charge in [0.25, 0.3) is 0 Å². The molecule has 0 saturated heterocycles. The fraction of sp³-hybridized carbons (Fsp3) is 0.647. The summed E-state index contributed by atoms with van der Waals surface area (Å²) in [5, 5.41) is 20.6.